The summed E-state index contributed by atoms with van der Waals surface area (Å²) in [7, 11) is 2.96. The van der Waals surface area contributed by atoms with Gasteiger partial charge in [0, 0.05) is 30.1 Å². The third-order valence-electron chi connectivity index (χ3n) is 3.37. The maximum absolute atomic E-state index is 12.6. The number of pyridine rings is 1. The monoisotopic (exact) mass is 343 g/mol. The first-order valence-corrected chi connectivity index (χ1v) is 7.66. The largest absolute Gasteiger partial charge is 0.497 e. The highest BCUT2D eigenvalue weighted by molar-refractivity contribution is 6.07. The zero-order chi connectivity index (χ0) is 18.4. The van der Waals surface area contributed by atoms with Crippen LogP contribution in [-0.4, -0.2) is 37.6 Å². The van der Waals surface area contributed by atoms with Crippen LogP contribution in [0, 0.1) is 13.8 Å². The van der Waals surface area contributed by atoms with Crippen LogP contribution in [0.15, 0.2) is 30.3 Å². The lowest BCUT2D eigenvalue weighted by molar-refractivity contribution is -0.119. The number of ether oxygens (including phenoxy) is 2. The lowest BCUT2D eigenvalue weighted by Gasteiger charge is -2.14. The first-order valence-electron chi connectivity index (χ1n) is 7.66. The number of amides is 2. The van der Waals surface area contributed by atoms with Crippen molar-refractivity contribution in [2.75, 3.05) is 31.5 Å². The Kier molecular flexibility index (Phi) is 6.08. The summed E-state index contributed by atoms with van der Waals surface area (Å²) in [4.78, 5) is 28.6. The molecule has 0 aliphatic rings. The van der Waals surface area contributed by atoms with E-state index in [1.165, 1.54) is 14.2 Å². The molecule has 0 fully saturated rings. The molecule has 2 amide bonds. The first kappa shape index (κ1) is 18.4. The minimum Gasteiger partial charge on any atom is -0.497 e. The molecule has 25 heavy (non-hydrogen) atoms. The molecule has 7 heteroatoms. The average Bonchev–Trinajstić information content (AvgIpc) is 2.55. The van der Waals surface area contributed by atoms with E-state index in [1.54, 1.807) is 30.3 Å². The molecule has 1 aromatic heterocycles. The fraction of sp³-hybridized carbons (Fsp3) is 0.278. The van der Waals surface area contributed by atoms with E-state index >= 15 is 0 Å². The van der Waals surface area contributed by atoms with Gasteiger partial charge in [-0.25, -0.2) is 0 Å². The third kappa shape index (κ3) is 5.02. The fourth-order valence-corrected chi connectivity index (χ4v) is 2.34. The van der Waals surface area contributed by atoms with Crippen LogP contribution >= 0.6 is 0 Å². The van der Waals surface area contributed by atoms with Crippen molar-refractivity contribution in [3.05, 3.63) is 47.3 Å². The van der Waals surface area contributed by atoms with Gasteiger partial charge in [-0.3, -0.25) is 14.6 Å². The second-order valence-electron chi connectivity index (χ2n) is 5.49. The molecule has 0 saturated carbocycles. The van der Waals surface area contributed by atoms with Crippen molar-refractivity contribution >= 4 is 23.2 Å². The molecular formula is C18H21N3O4. The van der Waals surface area contributed by atoms with Crippen molar-refractivity contribution < 1.29 is 19.1 Å². The third-order valence-corrected chi connectivity index (χ3v) is 3.37. The maximum Gasteiger partial charge on any atom is 0.255 e. The van der Waals surface area contributed by atoms with Gasteiger partial charge in [0.1, 0.15) is 12.4 Å². The predicted octanol–water partition coefficient (Wildman–Crippen LogP) is 2.54. The summed E-state index contributed by atoms with van der Waals surface area (Å²) in [5.41, 5.74) is 2.88. The minimum absolute atomic E-state index is 0.0812. The Hall–Kier alpha value is -2.93. The minimum atomic E-state index is -0.321. The number of carbonyl (C=O) groups excluding carboxylic acids is 2. The van der Waals surface area contributed by atoms with Gasteiger partial charge in [0.2, 0.25) is 5.91 Å². The van der Waals surface area contributed by atoms with Crippen LogP contribution < -0.4 is 15.4 Å². The molecule has 2 aromatic rings. The van der Waals surface area contributed by atoms with Crippen LogP contribution in [-0.2, 0) is 9.53 Å². The van der Waals surface area contributed by atoms with Crippen molar-refractivity contribution in [1.82, 2.24) is 4.98 Å². The highest BCUT2D eigenvalue weighted by Gasteiger charge is 2.13. The molecule has 1 aromatic carbocycles. The zero-order valence-electron chi connectivity index (χ0n) is 14.7. The number of benzene rings is 1. The number of aryl methyl sites for hydroxylation is 2. The quantitative estimate of drug-likeness (QED) is 0.841. The van der Waals surface area contributed by atoms with Gasteiger partial charge < -0.3 is 20.1 Å². The molecule has 0 radical (unpaired) electrons. The second kappa shape index (κ2) is 8.25. The number of nitrogens with one attached hydrogen (secondary N) is 2. The average molecular weight is 343 g/mol. The Bertz CT molecular complexity index is 770. The lowest BCUT2D eigenvalue weighted by atomic mass is 10.1. The van der Waals surface area contributed by atoms with Gasteiger partial charge in [-0.15, -0.1) is 0 Å². The molecule has 0 atom stereocenters. The van der Waals surface area contributed by atoms with Crippen molar-refractivity contribution in [3.63, 3.8) is 0 Å². The number of hydrogen-bond acceptors (Lipinski definition) is 5. The molecule has 0 saturated heterocycles. The van der Waals surface area contributed by atoms with Crippen LogP contribution in [0.25, 0.3) is 0 Å². The number of carbonyl (C=O) groups is 2. The topological polar surface area (TPSA) is 89.5 Å². The number of methoxy groups -OCH3 is 2. The number of aromatic nitrogens is 1. The van der Waals surface area contributed by atoms with E-state index in [-0.39, 0.29) is 18.4 Å². The van der Waals surface area contributed by atoms with Gasteiger partial charge in [-0.05, 0) is 38.1 Å². The van der Waals surface area contributed by atoms with Crippen molar-refractivity contribution in [2.45, 2.75) is 13.8 Å². The number of rotatable bonds is 6. The number of hydrogen-bond donors (Lipinski definition) is 2. The van der Waals surface area contributed by atoms with Crippen molar-refractivity contribution in [1.29, 1.82) is 0 Å². The highest BCUT2D eigenvalue weighted by Crippen LogP contribution is 2.27. The van der Waals surface area contributed by atoms with Crippen LogP contribution in [0.3, 0.4) is 0 Å². The standard InChI is InChI=1S/C18H21N3O4/c1-11-7-13(8-12(2)19-11)18(23)21-16-9-14(25-4)5-6-15(16)20-17(22)10-24-3/h5-9H,10H2,1-4H3,(H,20,22)(H,21,23). The summed E-state index contributed by atoms with van der Waals surface area (Å²) in [6.07, 6.45) is 0. The van der Waals surface area contributed by atoms with E-state index in [0.717, 1.165) is 11.4 Å². The Labute approximate surface area is 146 Å². The van der Waals surface area contributed by atoms with Gasteiger partial charge in [0.25, 0.3) is 5.91 Å². The molecule has 1 heterocycles. The fourth-order valence-electron chi connectivity index (χ4n) is 2.34. The second-order valence-corrected chi connectivity index (χ2v) is 5.49. The van der Waals surface area contributed by atoms with Gasteiger partial charge in [0.05, 0.1) is 18.5 Å². The van der Waals surface area contributed by atoms with Crippen LogP contribution in [0.1, 0.15) is 21.7 Å². The Balaban J connectivity index is 2.29. The molecule has 0 unspecified atom stereocenters. The summed E-state index contributed by atoms with van der Waals surface area (Å²) in [6, 6.07) is 8.39. The van der Waals surface area contributed by atoms with E-state index in [9.17, 15) is 9.59 Å². The molecule has 0 spiro atoms. The smallest absolute Gasteiger partial charge is 0.255 e. The summed E-state index contributed by atoms with van der Waals surface area (Å²) in [5.74, 6) is -0.0648. The Morgan fingerprint density at radius 2 is 1.68 bits per heavy atom. The Morgan fingerprint density at radius 1 is 1.00 bits per heavy atom. The number of anilines is 2. The molecule has 0 aliphatic heterocycles. The predicted molar refractivity (Wildman–Crippen MR) is 95.2 cm³/mol. The molecule has 0 aliphatic carbocycles. The molecule has 2 N–H and O–H groups in total. The summed E-state index contributed by atoms with van der Waals surface area (Å²) in [6.45, 7) is 3.57. The van der Waals surface area contributed by atoms with E-state index in [4.69, 9.17) is 9.47 Å². The van der Waals surface area contributed by atoms with E-state index < -0.39 is 0 Å². The lowest BCUT2D eigenvalue weighted by Crippen LogP contribution is -2.20. The normalized spacial score (nSPS) is 10.2. The SMILES string of the molecule is COCC(=O)Nc1ccc(OC)cc1NC(=O)c1cc(C)nc(C)c1. The van der Waals surface area contributed by atoms with Gasteiger partial charge >= 0.3 is 0 Å². The molecular weight excluding hydrogens is 322 g/mol. The van der Waals surface area contributed by atoms with Crippen molar-refractivity contribution in [3.8, 4) is 5.75 Å². The maximum atomic E-state index is 12.6. The molecule has 2 rings (SSSR count). The zero-order valence-corrected chi connectivity index (χ0v) is 14.7. The van der Waals surface area contributed by atoms with E-state index in [1.807, 2.05) is 13.8 Å². The van der Waals surface area contributed by atoms with Crippen LogP contribution in [0.2, 0.25) is 0 Å². The molecule has 7 nitrogen and oxygen atoms in total. The van der Waals surface area contributed by atoms with E-state index in [0.29, 0.717) is 22.7 Å². The van der Waals surface area contributed by atoms with Gasteiger partial charge in [-0.2, -0.15) is 0 Å². The number of nitrogens with zero attached hydrogens (tertiary/aromatic N) is 1. The van der Waals surface area contributed by atoms with E-state index in [2.05, 4.69) is 15.6 Å². The Morgan fingerprint density at radius 3 is 2.28 bits per heavy atom. The summed E-state index contributed by atoms with van der Waals surface area (Å²) < 4.78 is 10.00. The van der Waals surface area contributed by atoms with Crippen molar-refractivity contribution in [2.24, 2.45) is 0 Å². The molecule has 132 valence electrons. The molecule has 0 bridgehead atoms. The van der Waals surface area contributed by atoms with Crippen LogP contribution in [0.4, 0.5) is 11.4 Å². The van der Waals surface area contributed by atoms with Gasteiger partial charge in [0.15, 0.2) is 0 Å². The van der Waals surface area contributed by atoms with Crippen LogP contribution in [0.5, 0.6) is 5.75 Å². The van der Waals surface area contributed by atoms with Gasteiger partial charge in [-0.1, -0.05) is 0 Å². The highest BCUT2D eigenvalue weighted by atomic mass is 16.5. The summed E-state index contributed by atoms with van der Waals surface area (Å²) >= 11 is 0. The summed E-state index contributed by atoms with van der Waals surface area (Å²) in [5, 5.41) is 5.50. The first-order chi connectivity index (χ1) is 11.9.